The maximum Gasteiger partial charge on any atom is 0.338 e. The summed E-state index contributed by atoms with van der Waals surface area (Å²) in [7, 11) is 0. The van der Waals surface area contributed by atoms with Crippen molar-refractivity contribution < 1.29 is 29.3 Å². The molecule has 0 aliphatic carbocycles. The molecular weight excluding hydrogens is 336 g/mol. The van der Waals surface area contributed by atoms with Crippen LogP contribution < -0.4 is 4.74 Å². The highest BCUT2D eigenvalue weighted by Crippen LogP contribution is 2.36. The normalized spacial score (nSPS) is 9.15. The molecular formula is C20H34O6. The third kappa shape index (κ3) is 10.6. The van der Waals surface area contributed by atoms with Gasteiger partial charge in [-0.05, 0) is 18.6 Å². The SMILES string of the molecule is CC.CC.CCCCCCCOC(=O)c1cc(O)c(O)c(OC(C)=O)c1. The standard InChI is InChI=1S/C16H22O6.2C2H6/c1-3-4-5-6-7-8-21-16(20)12-9-13(18)15(19)14(10-12)22-11(2)17;2*1-2/h9-10,18-19H,3-8H2,1-2H3;2*1-2H3. The number of ether oxygens (including phenoxy) is 2. The summed E-state index contributed by atoms with van der Waals surface area (Å²) in [4.78, 5) is 22.8. The van der Waals surface area contributed by atoms with Crippen LogP contribution in [0.25, 0.3) is 0 Å². The van der Waals surface area contributed by atoms with Crippen LogP contribution in [0.3, 0.4) is 0 Å². The Morgan fingerprint density at radius 2 is 1.54 bits per heavy atom. The Kier molecular flexibility index (Phi) is 16.2. The summed E-state index contributed by atoms with van der Waals surface area (Å²) < 4.78 is 9.82. The first-order valence-corrected chi connectivity index (χ1v) is 9.37. The number of rotatable bonds is 8. The van der Waals surface area contributed by atoms with Gasteiger partial charge in [0.1, 0.15) is 0 Å². The minimum Gasteiger partial charge on any atom is -0.504 e. The van der Waals surface area contributed by atoms with Crippen LogP contribution in [0.5, 0.6) is 17.2 Å². The van der Waals surface area contributed by atoms with E-state index in [4.69, 9.17) is 9.47 Å². The molecule has 150 valence electrons. The number of hydrogen-bond donors (Lipinski definition) is 2. The molecule has 26 heavy (non-hydrogen) atoms. The lowest BCUT2D eigenvalue weighted by Gasteiger charge is -2.09. The second-order valence-electron chi connectivity index (χ2n) is 4.99. The van der Waals surface area contributed by atoms with Gasteiger partial charge in [0.25, 0.3) is 0 Å². The Morgan fingerprint density at radius 3 is 2.08 bits per heavy atom. The van der Waals surface area contributed by atoms with Gasteiger partial charge in [0, 0.05) is 6.92 Å². The van der Waals surface area contributed by atoms with Crippen molar-refractivity contribution in [2.45, 2.75) is 73.6 Å². The van der Waals surface area contributed by atoms with Gasteiger partial charge >= 0.3 is 11.9 Å². The van der Waals surface area contributed by atoms with E-state index < -0.39 is 23.4 Å². The third-order valence-corrected chi connectivity index (χ3v) is 3.03. The van der Waals surface area contributed by atoms with E-state index in [0.717, 1.165) is 51.2 Å². The van der Waals surface area contributed by atoms with Gasteiger partial charge in [-0.1, -0.05) is 60.3 Å². The van der Waals surface area contributed by atoms with Crippen molar-refractivity contribution in [3.05, 3.63) is 17.7 Å². The highest BCUT2D eigenvalue weighted by atomic mass is 16.5. The number of aromatic hydroxyl groups is 2. The maximum absolute atomic E-state index is 11.9. The van der Waals surface area contributed by atoms with E-state index in [0.29, 0.717) is 0 Å². The summed E-state index contributed by atoms with van der Waals surface area (Å²) >= 11 is 0. The number of unbranched alkanes of at least 4 members (excludes halogenated alkanes) is 4. The van der Waals surface area contributed by atoms with E-state index >= 15 is 0 Å². The maximum atomic E-state index is 11.9. The molecule has 1 aromatic rings. The zero-order valence-corrected chi connectivity index (χ0v) is 16.9. The molecule has 6 nitrogen and oxygen atoms in total. The summed E-state index contributed by atoms with van der Waals surface area (Å²) in [6, 6.07) is 2.23. The van der Waals surface area contributed by atoms with Gasteiger partial charge in [0.05, 0.1) is 12.2 Å². The number of hydrogen-bond acceptors (Lipinski definition) is 6. The molecule has 0 aliphatic heterocycles. The fourth-order valence-electron chi connectivity index (χ4n) is 1.90. The molecule has 0 saturated carbocycles. The minimum absolute atomic E-state index is 0.0140. The smallest absolute Gasteiger partial charge is 0.338 e. The highest BCUT2D eigenvalue weighted by molar-refractivity contribution is 5.91. The van der Waals surface area contributed by atoms with Crippen molar-refractivity contribution in [3.8, 4) is 17.2 Å². The zero-order valence-electron chi connectivity index (χ0n) is 16.9. The number of phenolic OH excluding ortho intramolecular Hbond substituents is 2. The van der Waals surface area contributed by atoms with Gasteiger partial charge < -0.3 is 19.7 Å². The van der Waals surface area contributed by atoms with Crippen molar-refractivity contribution in [3.63, 3.8) is 0 Å². The molecule has 0 aliphatic rings. The Labute approximate surface area is 157 Å². The van der Waals surface area contributed by atoms with Crippen LogP contribution >= 0.6 is 0 Å². The summed E-state index contributed by atoms with van der Waals surface area (Å²) in [5, 5.41) is 19.1. The van der Waals surface area contributed by atoms with Crippen molar-refractivity contribution in [2.75, 3.05) is 6.61 Å². The molecule has 0 radical (unpaired) electrons. The Balaban J connectivity index is 0. The highest BCUT2D eigenvalue weighted by Gasteiger charge is 2.17. The number of carbonyl (C=O) groups excluding carboxylic acids is 2. The zero-order chi connectivity index (χ0) is 20.5. The lowest BCUT2D eigenvalue weighted by atomic mass is 10.1. The molecule has 0 aromatic heterocycles. The van der Waals surface area contributed by atoms with Crippen molar-refractivity contribution in [1.82, 2.24) is 0 Å². The average molecular weight is 370 g/mol. The molecule has 0 heterocycles. The number of phenols is 2. The summed E-state index contributed by atoms with van der Waals surface area (Å²) in [6.07, 6.45) is 5.16. The van der Waals surface area contributed by atoms with Crippen molar-refractivity contribution in [2.24, 2.45) is 0 Å². The van der Waals surface area contributed by atoms with Gasteiger partial charge in [0.2, 0.25) is 5.75 Å². The van der Waals surface area contributed by atoms with Crippen LogP contribution in [0.4, 0.5) is 0 Å². The molecule has 1 aromatic carbocycles. The predicted octanol–water partition coefficient (Wildman–Crippen LogP) is 5.20. The second-order valence-corrected chi connectivity index (χ2v) is 4.99. The molecule has 1 rings (SSSR count). The largest absolute Gasteiger partial charge is 0.504 e. The molecule has 0 amide bonds. The first kappa shape index (κ1) is 26.0. The number of carbonyl (C=O) groups is 2. The number of benzene rings is 1. The van der Waals surface area contributed by atoms with E-state index in [1.54, 1.807) is 0 Å². The van der Waals surface area contributed by atoms with E-state index in [2.05, 4.69) is 6.92 Å². The molecule has 2 N–H and O–H groups in total. The molecule has 6 heteroatoms. The molecule has 0 unspecified atom stereocenters. The fourth-order valence-corrected chi connectivity index (χ4v) is 1.90. The van der Waals surface area contributed by atoms with E-state index in [9.17, 15) is 19.8 Å². The van der Waals surface area contributed by atoms with Crippen molar-refractivity contribution in [1.29, 1.82) is 0 Å². The van der Waals surface area contributed by atoms with E-state index in [-0.39, 0.29) is 17.9 Å². The monoisotopic (exact) mass is 370 g/mol. The first-order valence-electron chi connectivity index (χ1n) is 9.37. The average Bonchev–Trinajstić information content (AvgIpc) is 2.64. The second kappa shape index (κ2) is 16.2. The van der Waals surface area contributed by atoms with Crippen LogP contribution in [-0.2, 0) is 9.53 Å². The van der Waals surface area contributed by atoms with Crippen LogP contribution in [0.15, 0.2) is 12.1 Å². The Morgan fingerprint density at radius 1 is 0.962 bits per heavy atom. The van der Waals surface area contributed by atoms with Crippen LogP contribution in [-0.4, -0.2) is 28.8 Å². The van der Waals surface area contributed by atoms with Gasteiger partial charge in [-0.15, -0.1) is 0 Å². The lowest BCUT2D eigenvalue weighted by Crippen LogP contribution is -2.08. The number of esters is 2. The van der Waals surface area contributed by atoms with Crippen molar-refractivity contribution >= 4 is 11.9 Å². The minimum atomic E-state index is -0.670. The molecule has 0 fully saturated rings. The molecule has 0 bridgehead atoms. The van der Waals surface area contributed by atoms with E-state index in [1.165, 1.54) is 0 Å². The topological polar surface area (TPSA) is 93.1 Å². The first-order chi connectivity index (χ1) is 12.5. The molecule has 0 spiro atoms. The van der Waals surface area contributed by atoms with Crippen LogP contribution in [0.1, 0.15) is 84.0 Å². The predicted molar refractivity (Wildman–Crippen MR) is 103 cm³/mol. The summed E-state index contributed by atoms with van der Waals surface area (Å²) in [5.41, 5.74) is 0.0140. The lowest BCUT2D eigenvalue weighted by molar-refractivity contribution is -0.132. The van der Waals surface area contributed by atoms with Gasteiger partial charge in [-0.2, -0.15) is 0 Å². The van der Waals surface area contributed by atoms with E-state index in [1.807, 2.05) is 27.7 Å². The van der Waals surface area contributed by atoms with Gasteiger partial charge in [-0.3, -0.25) is 4.79 Å². The summed E-state index contributed by atoms with van der Waals surface area (Å²) in [6.45, 7) is 11.6. The summed E-state index contributed by atoms with van der Waals surface area (Å²) in [5.74, 6) is -2.72. The van der Waals surface area contributed by atoms with Gasteiger partial charge in [-0.25, -0.2) is 4.79 Å². The fraction of sp³-hybridized carbons (Fsp3) is 0.600. The molecule has 0 saturated heterocycles. The van der Waals surface area contributed by atoms with Gasteiger partial charge in [0.15, 0.2) is 11.5 Å². The third-order valence-electron chi connectivity index (χ3n) is 3.03. The van der Waals surface area contributed by atoms with Crippen LogP contribution in [0, 0.1) is 0 Å². The quantitative estimate of drug-likeness (QED) is 0.283. The Hall–Kier alpha value is -2.24. The molecule has 0 atom stereocenters. The Bertz CT molecular complexity index is 525. The van der Waals surface area contributed by atoms with Crippen LogP contribution in [0.2, 0.25) is 0 Å².